The van der Waals surface area contributed by atoms with Gasteiger partial charge in [-0.05, 0) is 26.0 Å². The molecule has 1 amide bonds. The van der Waals surface area contributed by atoms with Gasteiger partial charge < -0.3 is 16.0 Å². The van der Waals surface area contributed by atoms with Crippen molar-refractivity contribution in [3.63, 3.8) is 0 Å². The van der Waals surface area contributed by atoms with Gasteiger partial charge in [0.25, 0.3) is 5.91 Å². The molecule has 0 radical (unpaired) electrons. The van der Waals surface area contributed by atoms with Crippen molar-refractivity contribution in [2.24, 2.45) is 0 Å². The molecular formula is C12H18N4O. The van der Waals surface area contributed by atoms with Crippen molar-refractivity contribution < 1.29 is 4.79 Å². The van der Waals surface area contributed by atoms with E-state index in [1.54, 1.807) is 12.3 Å². The van der Waals surface area contributed by atoms with Gasteiger partial charge in [-0.1, -0.05) is 0 Å². The van der Waals surface area contributed by atoms with Gasteiger partial charge in [-0.2, -0.15) is 0 Å². The maximum Gasteiger partial charge on any atom is 0.253 e. The second kappa shape index (κ2) is 5.14. The number of anilines is 1. The van der Waals surface area contributed by atoms with Crippen LogP contribution in [0.4, 0.5) is 5.69 Å². The average Bonchev–Trinajstić information content (AvgIpc) is 3.13. The highest BCUT2D eigenvalue weighted by atomic mass is 16.1. The Hall–Kier alpha value is -1.62. The summed E-state index contributed by atoms with van der Waals surface area (Å²) in [5.41, 5.74) is 6.59. The van der Waals surface area contributed by atoms with Crippen LogP contribution in [0.2, 0.25) is 0 Å². The van der Waals surface area contributed by atoms with Crippen LogP contribution >= 0.6 is 0 Å². The van der Waals surface area contributed by atoms with Gasteiger partial charge >= 0.3 is 0 Å². The molecule has 0 atom stereocenters. The summed E-state index contributed by atoms with van der Waals surface area (Å²) in [4.78, 5) is 17.9. The Morgan fingerprint density at radius 2 is 2.41 bits per heavy atom. The molecule has 0 aromatic carbocycles. The Morgan fingerprint density at radius 3 is 3.06 bits per heavy atom. The standard InChI is InChI=1S/C12H18N4O/c1-16(9-2-3-9)7-6-15-12(17)10-4-5-14-8-11(10)13/h4-5,8-9H,2-3,6-7,13H2,1H3,(H,15,17). The predicted molar refractivity (Wildman–Crippen MR) is 66.6 cm³/mol. The zero-order valence-corrected chi connectivity index (χ0v) is 10.0. The van der Waals surface area contributed by atoms with Crippen LogP contribution in [-0.4, -0.2) is 42.0 Å². The lowest BCUT2D eigenvalue weighted by molar-refractivity contribution is 0.0950. The SMILES string of the molecule is CN(CCNC(=O)c1ccncc1N)C1CC1. The number of amides is 1. The maximum atomic E-state index is 11.8. The maximum absolute atomic E-state index is 11.8. The van der Waals surface area contributed by atoms with E-state index in [-0.39, 0.29) is 5.91 Å². The second-order valence-corrected chi connectivity index (χ2v) is 4.43. The number of nitrogens with zero attached hydrogens (tertiary/aromatic N) is 2. The third-order valence-corrected chi connectivity index (χ3v) is 3.02. The van der Waals surface area contributed by atoms with E-state index in [0.717, 1.165) is 12.6 Å². The number of carbonyl (C=O) groups is 1. The molecule has 5 nitrogen and oxygen atoms in total. The minimum atomic E-state index is -0.130. The molecule has 5 heteroatoms. The van der Waals surface area contributed by atoms with E-state index in [0.29, 0.717) is 17.8 Å². The first kappa shape index (κ1) is 11.9. The summed E-state index contributed by atoms with van der Waals surface area (Å²) in [6.45, 7) is 1.52. The van der Waals surface area contributed by atoms with Gasteiger partial charge in [0.15, 0.2) is 0 Å². The summed E-state index contributed by atoms with van der Waals surface area (Å²) >= 11 is 0. The molecule has 1 aromatic heterocycles. The minimum absolute atomic E-state index is 0.130. The Bertz CT molecular complexity index is 403. The number of pyridine rings is 1. The molecule has 92 valence electrons. The zero-order valence-electron chi connectivity index (χ0n) is 10.0. The van der Waals surface area contributed by atoms with Gasteiger partial charge in [-0.15, -0.1) is 0 Å². The molecule has 3 N–H and O–H groups in total. The molecule has 0 spiro atoms. The monoisotopic (exact) mass is 234 g/mol. The highest BCUT2D eigenvalue weighted by Crippen LogP contribution is 2.24. The molecule has 17 heavy (non-hydrogen) atoms. The fraction of sp³-hybridized carbons (Fsp3) is 0.500. The van der Waals surface area contributed by atoms with Gasteiger partial charge in [-0.3, -0.25) is 9.78 Å². The first-order valence-electron chi connectivity index (χ1n) is 5.86. The van der Waals surface area contributed by atoms with Crippen LogP contribution in [0.3, 0.4) is 0 Å². The summed E-state index contributed by atoms with van der Waals surface area (Å²) in [6.07, 6.45) is 5.62. The number of hydrogen-bond donors (Lipinski definition) is 2. The Labute approximate surface area is 101 Å². The summed E-state index contributed by atoms with van der Waals surface area (Å²) in [7, 11) is 2.09. The minimum Gasteiger partial charge on any atom is -0.397 e. The fourth-order valence-corrected chi connectivity index (χ4v) is 1.75. The van der Waals surface area contributed by atoms with Crippen molar-refractivity contribution in [2.75, 3.05) is 25.9 Å². The third-order valence-electron chi connectivity index (χ3n) is 3.02. The third kappa shape index (κ3) is 3.17. The lowest BCUT2D eigenvalue weighted by atomic mass is 10.2. The lowest BCUT2D eigenvalue weighted by Gasteiger charge is -2.15. The van der Waals surface area contributed by atoms with Gasteiger partial charge in [-0.25, -0.2) is 0 Å². The van der Waals surface area contributed by atoms with E-state index in [2.05, 4.69) is 22.2 Å². The van der Waals surface area contributed by atoms with E-state index in [1.165, 1.54) is 19.0 Å². The lowest BCUT2D eigenvalue weighted by Crippen LogP contribution is -2.34. The van der Waals surface area contributed by atoms with Crippen LogP contribution < -0.4 is 11.1 Å². The Kier molecular flexibility index (Phi) is 3.58. The topological polar surface area (TPSA) is 71.2 Å². The van der Waals surface area contributed by atoms with Gasteiger partial charge in [0.1, 0.15) is 0 Å². The number of likely N-dealkylation sites (N-methyl/N-ethyl adjacent to an activating group) is 1. The Balaban J connectivity index is 1.79. The predicted octanol–water partition coefficient (Wildman–Crippen LogP) is 0.488. The zero-order chi connectivity index (χ0) is 12.3. The smallest absolute Gasteiger partial charge is 0.253 e. The van der Waals surface area contributed by atoms with Crippen LogP contribution in [0.15, 0.2) is 18.5 Å². The van der Waals surface area contributed by atoms with E-state index >= 15 is 0 Å². The molecular weight excluding hydrogens is 216 g/mol. The molecule has 0 aliphatic heterocycles. The normalized spacial score (nSPS) is 14.9. The molecule has 1 aromatic rings. The van der Waals surface area contributed by atoms with Crippen molar-refractivity contribution >= 4 is 11.6 Å². The summed E-state index contributed by atoms with van der Waals surface area (Å²) in [5.74, 6) is -0.130. The summed E-state index contributed by atoms with van der Waals surface area (Å²) in [5, 5.41) is 2.86. The molecule has 1 aliphatic rings. The number of nitrogens with two attached hydrogens (primary N) is 1. The number of carbonyl (C=O) groups excluding carboxylic acids is 1. The van der Waals surface area contributed by atoms with Crippen molar-refractivity contribution in [1.29, 1.82) is 0 Å². The van der Waals surface area contributed by atoms with Crippen molar-refractivity contribution in [2.45, 2.75) is 18.9 Å². The number of nitrogens with one attached hydrogen (secondary N) is 1. The molecule has 0 unspecified atom stereocenters. The van der Waals surface area contributed by atoms with Crippen molar-refractivity contribution in [3.8, 4) is 0 Å². The van der Waals surface area contributed by atoms with E-state index < -0.39 is 0 Å². The number of hydrogen-bond acceptors (Lipinski definition) is 4. The highest BCUT2D eigenvalue weighted by molar-refractivity contribution is 5.98. The number of aromatic nitrogens is 1. The average molecular weight is 234 g/mol. The summed E-state index contributed by atoms with van der Waals surface area (Å²) in [6, 6.07) is 2.35. The molecule has 1 heterocycles. The van der Waals surface area contributed by atoms with Crippen molar-refractivity contribution in [3.05, 3.63) is 24.0 Å². The molecule has 1 aliphatic carbocycles. The first-order valence-corrected chi connectivity index (χ1v) is 5.86. The van der Waals surface area contributed by atoms with E-state index in [9.17, 15) is 4.79 Å². The largest absolute Gasteiger partial charge is 0.397 e. The highest BCUT2D eigenvalue weighted by Gasteiger charge is 2.25. The first-order chi connectivity index (χ1) is 8.18. The quantitative estimate of drug-likeness (QED) is 0.777. The molecule has 0 saturated heterocycles. The van der Waals surface area contributed by atoms with Crippen LogP contribution in [0.1, 0.15) is 23.2 Å². The van der Waals surface area contributed by atoms with E-state index in [4.69, 9.17) is 5.73 Å². The molecule has 1 saturated carbocycles. The van der Waals surface area contributed by atoms with E-state index in [1.807, 2.05) is 0 Å². The number of rotatable bonds is 5. The van der Waals surface area contributed by atoms with Gasteiger partial charge in [0.05, 0.1) is 17.4 Å². The van der Waals surface area contributed by atoms with Gasteiger partial charge in [0.2, 0.25) is 0 Å². The van der Waals surface area contributed by atoms with Crippen LogP contribution in [0.25, 0.3) is 0 Å². The molecule has 1 fully saturated rings. The summed E-state index contributed by atoms with van der Waals surface area (Å²) < 4.78 is 0. The fourth-order valence-electron chi connectivity index (χ4n) is 1.75. The van der Waals surface area contributed by atoms with Crippen LogP contribution in [0, 0.1) is 0 Å². The Morgan fingerprint density at radius 1 is 1.65 bits per heavy atom. The van der Waals surface area contributed by atoms with Gasteiger partial charge in [0, 0.05) is 25.3 Å². The number of nitrogen functional groups attached to an aromatic ring is 1. The van der Waals surface area contributed by atoms with Crippen LogP contribution in [-0.2, 0) is 0 Å². The second-order valence-electron chi connectivity index (χ2n) is 4.43. The van der Waals surface area contributed by atoms with Crippen LogP contribution in [0.5, 0.6) is 0 Å². The molecule has 0 bridgehead atoms. The molecule has 2 rings (SSSR count). The van der Waals surface area contributed by atoms with Crippen molar-refractivity contribution in [1.82, 2.24) is 15.2 Å².